The number of hydrogen-bond donors (Lipinski definition) is 1. The molecule has 4 fully saturated rings. The summed E-state index contributed by atoms with van der Waals surface area (Å²) in [6, 6.07) is 0. The van der Waals surface area contributed by atoms with Gasteiger partial charge in [-0.3, -0.25) is 4.79 Å². The van der Waals surface area contributed by atoms with Crippen LogP contribution in [-0.2, 0) is 11.3 Å². The van der Waals surface area contributed by atoms with Gasteiger partial charge in [0.05, 0.1) is 11.3 Å². The summed E-state index contributed by atoms with van der Waals surface area (Å²) in [4.78, 5) is 13.2. The molecule has 1 N–H and O–H groups in total. The van der Waals surface area contributed by atoms with E-state index in [1.807, 2.05) is 20.0 Å². The molecule has 0 saturated heterocycles. The standard InChI is InChI=1S/C24H36FN3O2/c1-14-12-28(27-26-14)13-22(29)20-5-4-19-17-10-21(25)18-11-23(2,30)8-6-16(18)15(17)7-9-24(19,20)3/h12,15-21,30H,4-11,13H2,1-3H3/t15-,16-,17?,18+,19+,20-,21-,23-,24+/m1/s1. The first-order chi connectivity index (χ1) is 14.2. The Morgan fingerprint density at radius 1 is 1.17 bits per heavy atom. The molecule has 0 aliphatic heterocycles. The molecule has 4 aliphatic carbocycles. The second-order valence-electron chi connectivity index (χ2n) is 11.5. The Kier molecular flexibility index (Phi) is 4.88. The summed E-state index contributed by atoms with van der Waals surface area (Å²) >= 11 is 0. The highest BCUT2D eigenvalue weighted by atomic mass is 19.1. The number of carbonyl (C=O) groups excluding carboxylic acids is 1. The molecular formula is C24H36FN3O2. The van der Waals surface area contributed by atoms with Crippen molar-refractivity contribution < 1.29 is 14.3 Å². The van der Waals surface area contributed by atoms with E-state index in [-0.39, 0.29) is 23.0 Å². The average Bonchev–Trinajstić information content (AvgIpc) is 3.24. The Morgan fingerprint density at radius 3 is 2.63 bits per heavy atom. The highest BCUT2D eigenvalue weighted by Gasteiger charge is 2.60. The van der Waals surface area contributed by atoms with E-state index in [1.54, 1.807) is 4.68 Å². The van der Waals surface area contributed by atoms with E-state index in [1.165, 1.54) is 0 Å². The number of rotatable bonds is 3. The minimum atomic E-state index is -0.807. The fourth-order valence-electron chi connectivity index (χ4n) is 8.27. The highest BCUT2D eigenvalue weighted by Crippen LogP contribution is 2.65. The van der Waals surface area contributed by atoms with E-state index in [9.17, 15) is 9.90 Å². The molecule has 166 valence electrons. The first-order valence-electron chi connectivity index (χ1n) is 11.9. The molecule has 1 unspecified atom stereocenters. The van der Waals surface area contributed by atoms with Crippen molar-refractivity contribution in [2.24, 2.45) is 40.9 Å². The van der Waals surface area contributed by atoms with Crippen molar-refractivity contribution >= 4 is 5.78 Å². The maximum absolute atomic E-state index is 15.4. The van der Waals surface area contributed by atoms with Crippen molar-refractivity contribution in [3.63, 3.8) is 0 Å². The number of aliphatic hydroxyl groups is 1. The molecule has 1 heterocycles. The van der Waals surface area contributed by atoms with Gasteiger partial charge < -0.3 is 5.11 Å². The van der Waals surface area contributed by atoms with Gasteiger partial charge in [0.1, 0.15) is 12.7 Å². The lowest BCUT2D eigenvalue weighted by Crippen LogP contribution is -2.54. The molecule has 0 spiro atoms. The minimum Gasteiger partial charge on any atom is -0.390 e. The van der Waals surface area contributed by atoms with Crippen molar-refractivity contribution in [3.05, 3.63) is 11.9 Å². The number of hydrogen-bond acceptors (Lipinski definition) is 4. The molecular weight excluding hydrogens is 381 g/mol. The third-order valence-electron chi connectivity index (χ3n) is 9.61. The number of aryl methyl sites for hydroxylation is 1. The molecule has 0 aromatic carbocycles. The van der Waals surface area contributed by atoms with Crippen LogP contribution < -0.4 is 0 Å². The van der Waals surface area contributed by atoms with E-state index >= 15 is 4.39 Å². The van der Waals surface area contributed by atoms with E-state index in [4.69, 9.17) is 0 Å². The summed E-state index contributed by atoms with van der Waals surface area (Å²) < 4.78 is 17.0. The van der Waals surface area contributed by atoms with Crippen molar-refractivity contribution in [1.82, 2.24) is 15.0 Å². The maximum atomic E-state index is 15.4. The van der Waals surface area contributed by atoms with Crippen LogP contribution in [0.4, 0.5) is 4.39 Å². The van der Waals surface area contributed by atoms with Gasteiger partial charge in [0.25, 0.3) is 0 Å². The van der Waals surface area contributed by atoms with Crippen LogP contribution in [0.2, 0.25) is 0 Å². The Hall–Kier alpha value is -1.30. The fraction of sp³-hybridized carbons (Fsp3) is 0.875. The molecule has 0 amide bonds. The molecule has 1 aromatic heterocycles. The van der Waals surface area contributed by atoms with Crippen LogP contribution in [0.25, 0.3) is 0 Å². The second-order valence-corrected chi connectivity index (χ2v) is 11.5. The zero-order valence-corrected chi connectivity index (χ0v) is 18.6. The largest absolute Gasteiger partial charge is 0.390 e. The number of alkyl halides is 1. The zero-order chi connectivity index (χ0) is 21.3. The van der Waals surface area contributed by atoms with Gasteiger partial charge in [-0.2, -0.15) is 0 Å². The van der Waals surface area contributed by atoms with Crippen LogP contribution in [0.5, 0.6) is 0 Å². The lowest BCUT2D eigenvalue weighted by atomic mass is 9.48. The Labute approximate surface area is 178 Å². The van der Waals surface area contributed by atoms with E-state index in [2.05, 4.69) is 17.2 Å². The maximum Gasteiger partial charge on any atom is 0.157 e. The summed E-state index contributed by atoms with van der Waals surface area (Å²) in [5.41, 5.74) is 0.114. The molecule has 1 aromatic rings. The quantitative estimate of drug-likeness (QED) is 0.803. The topological polar surface area (TPSA) is 68.0 Å². The second kappa shape index (κ2) is 7.11. The first-order valence-corrected chi connectivity index (χ1v) is 11.9. The number of halogens is 1. The summed E-state index contributed by atoms with van der Waals surface area (Å²) in [5.74, 6) is 2.17. The van der Waals surface area contributed by atoms with Crippen LogP contribution in [0.15, 0.2) is 6.20 Å². The van der Waals surface area contributed by atoms with Crippen LogP contribution in [0, 0.1) is 47.8 Å². The number of nitrogens with zero attached hydrogens (tertiary/aromatic N) is 3. The predicted octanol–water partition coefficient (Wildman–Crippen LogP) is 4.12. The SMILES string of the molecule is Cc1cn(CC(=O)[C@H]2CC[C@H]3C4C[C@@H](F)[C@H]5C[C@](C)(O)CC[C@@H]5[C@H]4CC[C@]23C)nn1. The average molecular weight is 418 g/mol. The molecule has 4 aliphatic rings. The lowest BCUT2D eigenvalue weighted by Gasteiger charge is -2.57. The van der Waals surface area contributed by atoms with Gasteiger partial charge in [0, 0.05) is 12.1 Å². The minimum absolute atomic E-state index is 0.0133. The molecule has 30 heavy (non-hydrogen) atoms. The number of carbonyl (C=O) groups is 1. The summed E-state index contributed by atoms with van der Waals surface area (Å²) in [6.45, 7) is 6.37. The van der Waals surface area contributed by atoms with Crippen LogP contribution in [-0.4, -0.2) is 37.7 Å². The van der Waals surface area contributed by atoms with Gasteiger partial charge >= 0.3 is 0 Å². The van der Waals surface area contributed by atoms with Gasteiger partial charge in [-0.15, -0.1) is 5.10 Å². The Balaban J connectivity index is 1.34. The number of aromatic nitrogens is 3. The van der Waals surface area contributed by atoms with Crippen molar-refractivity contribution in [3.8, 4) is 0 Å². The van der Waals surface area contributed by atoms with Gasteiger partial charge in [0.15, 0.2) is 5.78 Å². The normalized spacial score (nSPS) is 48.0. The van der Waals surface area contributed by atoms with Crippen molar-refractivity contribution in [2.75, 3.05) is 0 Å². The zero-order valence-electron chi connectivity index (χ0n) is 18.6. The Morgan fingerprint density at radius 2 is 1.90 bits per heavy atom. The van der Waals surface area contributed by atoms with Gasteiger partial charge in [-0.25, -0.2) is 9.07 Å². The van der Waals surface area contributed by atoms with Gasteiger partial charge in [0.2, 0.25) is 0 Å². The highest BCUT2D eigenvalue weighted by molar-refractivity contribution is 5.82. The van der Waals surface area contributed by atoms with E-state index in [0.717, 1.165) is 44.2 Å². The van der Waals surface area contributed by atoms with Crippen LogP contribution in [0.3, 0.4) is 0 Å². The smallest absolute Gasteiger partial charge is 0.157 e. The molecule has 6 heteroatoms. The molecule has 4 saturated carbocycles. The van der Waals surface area contributed by atoms with Crippen LogP contribution in [0.1, 0.15) is 70.9 Å². The van der Waals surface area contributed by atoms with Gasteiger partial charge in [-0.1, -0.05) is 12.1 Å². The monoisotopic (exact) mass is 417 g/mol. The Bertz CT molecular complexity index is 823. The number of fused-ring (bicyclic) bond motifs is 5. The molecule has 5 rings (SSSR count). The fourth-order valence-corrected chi connectivity index (χ4v) is 8.27. The summed E-state index contributed by atoms with van der Waals surface area (Å²) in [7, 11) is 0. The summed E-state index contributed by atoms with van der Waals surface area (Å²) in [5, 5.41) is 18.6. The molecule has 0 bridgehead atoms. The molecule has 0 radical (unpaired) electrons. The number of Topliss-reactive ketones (excluding diaryl/α,β-unsaturated/α-hetero) is 1. The van der Waals surface area contributed by atoms with E-state index < -0.39 is 11.8 Å². The predicted molar refractivity (Wildman–Crippen MR) is 111 cm³/mol. The third kappa shape index (κ3) is 3.25. The van der Waals surface area contributed by atoms with Crippen LogP contribution >= 0.6 is 0 Å². The first kappa shape index (κ1) is 20.6. The van der Waals surface area contributed by atoms with Gasteiger partial charge in [-0.05, 0) is 100 Å². The molecule has 5 nitrogen and oxygen atoms in total. The lowest BCUT2D eigenvalue weighted by molar-refractivity contribution is -0.139. The van der Waals surface area contributed by atoms with E-state index in [0.29, 0.717) is 43.1 Å². The van der Waals surface area contributed by atoms with Crippen molar-refractivity contribution in [1.29, 1.82) is 0 Å². The summed E-state index contributed by atoms with van der Waals surface area (Å²) in [6.07, 6.45) is 8.18. The third-order valence-corrected chi connectivity index (χ3v) is 9.61. The van der Waals surface area contributed by atoms with Crippen molar-refractivity contribution in [2.45, 2.75) is 90.5 Å². The number of ketones is 1. The molecule has 9 atom stereocenters.